The number of anilines is 1. The molecule has 1 aromatic rings. The molecule has 0 unspecified atom stereocenters. The average Bonchev–Trinajstić information content (AvgIpc) is 2.20. The molecule has 98 valence electrons. The van der Waals surface area contributed by atoms with Crippen molar-refractivity contribution in [3.05, 3.63) is 29.8 Å². The summed E-state index contributed by atoms with van der Waals surface area (Å²) in [6.07, 6.45) is 0.646. The van der Waals surface area contributed by atoms with Gasteiger partial charge in [-0.15, -0.1) is 12.4 Å². The van der Waals surface area contributed by atoms with Gasteiger partial charge in [-0.2, -0.15) is 12.7 Å². The number of benzene rings is 1. The van der Waals surface area contributed by atoms with Crippen LogP contribution in [-0.2, 0) is 16.6 Å². The van der Waals surface area contributed by atoms with Gasteiger partial charge in [0, 0.05) is 26.3 Å². The molecule has 0 spiro atoms. The zero-order valence-corrected chi connectivity index (χ0v) is 11.5. The lowest BCUT2D eigenvalue weighted by Crippen LogP contribution is -2.36. The number of rotatable bonds is 5. The second kappa shape index (κ2) is 6.80. The van der Waals surface area contributed by atoms with Gasteiger partial charge in [-0.25, -0.2) is 4.72 Å². The maximum Gasteiger partial charge on any atom is 0.278 e. The predicted molar refractivity (Wildman–Crippen MR) is 72.4 cm³/mol. The van der Waals surface area contributed by atoms with Gasteiger partial charge >= 0.3 is 0 Å². The molecular weight excluding hydrogens is 262 g/mol. The SMILES string of the molecule is CN(C)S(=O)(=O)NCCc1ccc(N)cc1.Cl. The smallest absolute Gasteiger partial charge is 0.278 e. The van der Waals surface area contributed by atoms with Gasteiger partial charge in [-0.1, -0.05) is 12.1 Å². The lowest BCUT2D eigenvalue weighted by Gasteiger charge is -2.12. The van der Waals surface area contributed by atoms with Gasteiger partial charge in [0.25, 0.3) is 10.2 Å². The van der Waals surface area contributed by atoms with Crippen molar-refractivity contribution in [2.24, 2.45) is 0 Å². The van der Waals surface area contributed by atoms with E-state index in [-0.39, 0.29) is 12.4 Å². The fourth-order valence-electron chi connectivity index (χ4n) is 1.14. The first-order valence-electron chi connectivity index (χ1n) is 4.93. The molecule has 1 rings (SSSR count). The molecular formula is C10H18ClN3O2S. The molecule has 0 bridgehead atoms. The average molecular weight is 280 g/mol. The first kappa shape index (κ1) is 16.2. The quantitative estimate of drug-likeness (QED) is 0.776. The van der Waals surface area contributed by atoms with Crippen LogP contribution >= 0.6 is 12.4 Å². The summed E-state index contributed by atoms with van der Waals surface area (Å²) in [7, 11) is -0.335. The van der Waals surface area contributed by atoms with Crippen molar-refractivity contribution in [3.63, 3.8) is 0 Å². The molecule has 0 heterocycles. The molecule has 0 amide bonds. The van der Waals surface area contributed by atoms with Gasteiger partial charge in [0.2, 0.25) is 0 Å². The zero-order valence-electron chi connectivity index (χ0n) is 9.88. The summed E-state index contributed by atoms with van der Waals surface area (Å²) >= 11 is 0. The first-order valence-corrected chi connectivity index (χ1v) is 6.37. The highest BCUT2D eigenvalue weighted by molar-refractivity contribution is 7.87. The standard InChI is InChI=1S/C10H17N3O2S.ClH/c1-13(2)16(14,15)12-8-7-9-3-5-10(11)6-4-9;/h3-6,12H,7-8,11H2,1-2H3;1H. The summed E-state index contributed by atoms with van der Waals surface area (Å²) in [5.74, 6) is 0. The van der Waals surface area contributed by atoms with Crippen molar-refractivity contribution >= 4 is 28.3 Å². The Labute approximate surface area is 109 Å². The molecule has 17 heavy (non-hydrogen) atoms. The molecule has 0 aliphatic carbocycles. The van der Waals surface area contributed by atoms with Crippen molar-refractivity contribution in [2.45, 2.75) is 6.42 Å². The number of nitrogens with two attached hydrogens (primary N) is 1. The molecule has 0 saturated heterocycles. The Morgan fingerprint density at radius 1 is 1.24 bits per heavy atom. The van der Waals surface area contributed by atoms with E-state index in [2.05, 4.69) is 4.72 Å². The van der Waals surface area contributed by atoms with E-state index in [0.29, 0.717) is 18.7 Å². The third kappa shape index (κ3) is 5.36. The number of nitrogens with zero attached hydrogens (tertiary/aromatic N) is 1. The predicted octanol–water partition coefficient (Wildman–Crippen LogP) is 0.629. The van der Waals surface area contributed by atoms with Gasteiger partial charge in [0.05, 0.1) is 0 Å². The first-order chi connectivity index (χ1) is 7.42. The summed E-state index contributed by atoms with van der Waals surface area (Å²) in [6.45, 7) is 0.379. The van der Waals surface area contributed by atoms with Crippen molar-refractivity contribution in [2.75, 3.05) is 26.4 Å². The zero-order chi connectivity index (χ0) is 12.2. The molecule has 0 saturated carbocycles. The van der Waals surface area contributed by atoms with E-state index in [1.807, 2.05) is 12.1 Å². The van der Waals surface area contributed by atoms with E-state index in [4.69, 9.17) is 5.73 Å². The van der Waals surface area contributed by atoms with Crippen LogP contribution in [0.4, 0.5) is 5.69 Å². The molecule has 0 aliphatic heterocycles. The molecule has 0 aromatic heterocycles. The van der Waals surface area contributed by atoms with Crippen LogP contribution < -0.4 is 10.5 Å². The van der Waals surface area contributed by atoms with E-state index in [9.17, 15) is 8.42 Å². The maximum absolute atomic E-state index is 11.4. The molecule has 3 N–H and O–H groups in total. The molecule has 0 radical (unpaired) electrons. The van der Waals surface area contributed by atoms with Crippen LogP contribution in [0.5, 0.6) is 0 Å². The minimum Gasteiger partial charge on any atom is -0.399 e. The molecule has 1 aromatic carbocycles. The molecule has 0 atom stereocenters. The van der Waals surface area contributed by atoms with Crippen LogP contribution in [0.3, 0.4) is 0 Å². The number of hydrogen-bond acceptors (Lipinski definition) is 3. The largest absolute Gasteiger partial charge is 0.399 e. The van der Waals surface area contributed by atoms with Gasteiger partial charge in [-0.05, 0) is 24.1 Å². The second-order valence-corrected chi connectivity index (χ2v) is 5.64. The number of hydrogen-bond donors (Lipinski definition) is 2. The minimum absolute atomic E-state index is 0. The molecule has 0 aliphatic rings. The number of halogens is 1. The van der Waals surface area contributed by atoms with E-state index >= 15 is 0 Å². The van der Waals surface area contributed by atoms with Crippen LogP contribution in [0.1, 0.15) is 5.56 Å². The summed E-state index contributed by atoms with van der Waals surface area (Å²) in [4.78, 5) is 0. The number of nitrogen functional groups attached to an aromatic ring is 1. The fourth-order valence-corrected chi connectivity index (χ4v) is 1.76. The van der Waals surface area contributed by atoms with Crippen LogP contribution in [0.2, 0.25) is 0 Å². The van der Waals surface area contributed by atoms with Crippen LogP contribution in [0, 0.1) is 0 Å². The van der Waals surface area contributed by atoms with Crippen LogP contribution in [-0.4, -0.2) is 33.4 Å². The van der Waals surface area contributed by atoms with Crippen molar-refractivity contribution < 1.29 is 8.42 Å². The lowest BCUT2D eigenvalue weighted by molar-refractivity contribution is 0.506. The summed E-state index contributed by atoms with van der Waals surface area (Å²) in [5.41, 5.74) is 7.30. The fraction of sp³-hybridized carbons (Fsp3) is 0.400. The van der Waals surface area contributed by atoms with E-state index in [1.54, 1.807) is 12.1 Å². The highest BCUT2D eigenvalue weighted by Crippen LogP contribution is 2.05. The van der Waals surface area contributed by atoms with Crippen LogP contribution in [0.15, 0.2) is 24.3 Å². The Bertz CT molecular complexity index is 431. The molecule has 0 fully saturated rings. The Balaban J connectivity index is 0.00000256. The van der Waals surface area contributed by atoms with Gasteiger partial charge < -0.3 is 5.73 Å². The Kier molecular flexibility index (Phi) is 6.48. The highest BCUT2D eigenvalue weighted by atomic mass is 35.5. The Morgan fingerprint density at radius 2 is 1.76 bits per heavy atom. The highest BCUT2D eigenvalue weighted by Gasteiger charge is 2.11. The van der Waals surface area contributed by atoms with Gasteiger partial charge in [0.15, 0.2) is 0 Å². The summed E-state index contributed by atoms with van der Waals surface area (Å²) in [5, 5.41) is 0. The third-order valence-corrected chi connectivity index (χ3v) is 3.69. The van der Waals surface area contributed by atoms with Crippen LogP contribution in [0.25, 0.3) is 0 Å². The lowest BCUT2D eigenvalue weighted by atomic mass is 10.1. The normalized spacial score (nSPS) is 11.2. The topological polar surface area (TPSA) is 75.4 Å². The Morgan fingerprint density at radius 3 is 2.24 bits per heavy atom. The maximum atomic E-state index is 11.4. The van der Waals surface area contributed by atoms with Crippen molar-refractivity contribution in [1.29, 1.82) is 0 Å². The van der Waals surface area contributed by atoms with Crippen molar-refractivity contribution in [1.82, 2.24) is 9.03 Å². The Hall–Kier alpha value is -0.820. The second-order valence-electron chi connectivity index (χ2n) is 3.67. The van der Waals surface area contributed by atoms with Crippen molar-refractivity contribution in [3.8, 4) is 0 Å². The third-order valence-electron chi connectivity index (χ3n) is 2.16. The minimum atomic E-state index is -3.32. The van der Waals surface area contributed by atoms with E-state index in [1.165, 1.54) is 14.1 Å². The molecule has 5 nitrogen and oxygen atoms in total. The van der Waals surface area contributed by atoms with Gasteiger partial charge in [-0.3, -0.25) is 0 Å². The molecule has 7 heteroatoms. The summed E-state index contributed by atoms with van der Waals surface area (Å²) < 4.78 is 26.4. The van der Waals surface area contributed by atoms with Gasteiger partial charge in [0.1, 0.15) is 0 Å². The summed E-state index contributed by atoms with van der Waals surface area (Å²) in [6, 6.07) is 7.38. The van der Waals surface area contributed by atoms with E-state index in [0.717, 1.165) is 9.87 Å². The monoisotopic (exact) mass is 279 g/mol. The van der Waals surface area contributed by atoms with E-state index < -0.39 is 10.2 Å². The number of nitrogens with one attached hydrogen (secondary N) is 1.